The van der Waals surface area contributed by atoms with Crippen LogP contribution in [0.4, 0.5) is 5.82 Å². The van der Waals surface area contributed by atoms with E-state index in [1.807, 2.05) is 6.92 Å². The van der Waals surface area contributed by atoms with E-state index in [0.29, 0.717) is 6.04 Å². The van der Waals surface area contributed by atoms with Gasteiger partial charge in [-0.3, -0.25) is 0 Å². The summed E-state index contributed by atoms with van der Waals surface area (Å²) in [6.07, 6.45) is 3.99. The standard InChI is InChI=1S/C9H12N6/c1-2-15-9-7(13-14-15)8(10-5-11-9)12-6-3-4-6/h5-6H,2-4H2,1H3,(H,10,11,12). The van der Waals surface area contributed by atoms with Crippen molar-refractivity contribution >= 4 is 17.0 Å². The quantitative estimate of drug-likeness (QED) is 0.801. The predicted octanol–water partition coefficient (Wildman–Crippen LogP) is 0.815. The van der Waals surface area contributed by atoms with Crippen LogP contribution in [0.1, 0.15) is 19.8 Å². The molecule has 0 aliphatic heterocycles. The summed E-state index contributed by atoms with van der Waals surface area (Å²) in [5.41, 5.74) is 1.57. The molecule has 3 rings (SSSR count). The molecule has 6 heteroatoms. The first-order valence-electron chi connectivity index (χ1n) is 5.19. The lowest BCUT2D eigenvalue weighted by molar-refractivity contribution is 0.641. The highest BCUT2D eigenvalue weighted by atomic mass is 15.4. The van der Waals surface area contributed by atoms with Crippen molar-refractivity contribution in [3.8, 4) is 0 Å². The molecule has 2 aromatic heterocycles. The number of fused-ring (bicyclic) bond motifs is 1. The van der Waals surface area contributed by atoms with Gasteiger partial charge < -0.3 is 5.32 Å². The van der Waals surface area contributed by atoms with Crippen molar-refractivity contribution in [1.29, 1.82) is 0 Å². The molecule has 1 N–H and O–H groups in total. The van der Waals surface area contributed by atoms with E-state index in [0.717, 1.165) is 23.5 Å². The van der Waals surface area contributed by atoms with E-state index in [1.165, 1.54) is 12.8 Å². The second-order valence-electron chi connectivity index (χ2n) is 3.72. The summed E-state index contributed by atoms with van der Waals surface area (Å²) in [4.78, 5) is 8.38. The molecule has 0 bridgehead atoms. The number of nitrogens with one attached hydrogen (secondary N) is 1. The van der Waals surface area contributed by atoms with Crippen molar-refractivity contribution in [2.24, 2.45) is 0 Å². The molecule has 2 aromatic rings. The van der Waals surface area contributed by atoms with Gasteiger partial charge in [-0.2, -0.15) is 0 Å². The van der Waals surface area contributed by atoms with Crippen molar-refractivity contribution in [1.82, 2.24) is 25.0 Å². The predicted molar refractivity (Wildman–Crippen MR) is 55.4 cm³/mol. The normalized spacial score (nSPS) is 15.8. The second kappa shape index (κ2) is 3.15. The Hall–Kier alpha value is -1.72. The third-order valence-corrected chi connectivity index (χ3v) is 2.52. The van der Waals surface area contributed by atoms with Crippen LogP contribution in [-0.2, 0) is 6.54 Å². The number of hydrogen-bond acceptors (Lipinski definition) is 5. The second-order valence-corrected chi connectivity index (χ2v) is 3.72. The van der Waals surface area contributed by atoms with Crippen LogP contribution in [-0.4, -0.2) is 31.0 Å². The van der Waals surface area contributed by atoms with Crippen molar-refractivity contribution in [3.05, 3.63) is 6.33 Å². The van der Waals surface area contributed by atoms with Gasteiger partial charge in [-0.25, -0.2) is 14.6 Å². The lowest BCUT2D eigenvalue weighted by atomic mass is 10.4. The average Bonchev–Trinajstić information content (AvgIpc) is 2.97. The first-order valence-corrected chi connectivity index (χ1v) is 5.19. The molecule has 1 saturated carbocycles. The number of aryl methyl sites for hydroxylation is 1. The SMILES string of the molecule is CCn1nnc2c(NC3CC3)ncnc21. The van der Waals surface area contributed by atoms with Crippen molar-refractivity contribution in [2.75, 3.05) is 5.32 Å². The van der Waals surface area contributed by atoms with Gasteiger partial charge in [-0.05, 0) is 19.8 Å². The van der Waals surface area contributed by atoms with E-state index in [2.05, 4.69) is 25.6 Å². The Morgan fingerprint density at radius 1 is 1.47 bits per heavy atom. The molecule has 2 heterocycles. The van der Waals surface area contributed by atoms with Crippen molar-refractivity contribution in [3.63, 3.8) is 0 Å². The molecule has 0 spiro atoms. The third-order valence-electron chi connectivity index (χ3n) is 2.52. The van der Waals surface area contributed by atoms with E-state index in [9.17, 15) is 0 Å². The Bertz CT molecular complexity index is 486. The summed E-state index contributed by atoms with van der Waals surface area (Å²) in [5, 5.41) is 11.5. The van der Waals surface area contributed by atoms with Crippen LogP contribution < -0.4 is 5.32 Å². The van der Waals surface area contributed by atoms with E-state index in [-0.39, 0.29) is 0 Å². The maximum absolute atomic E-state index is 4.20. The van der Waals surface area contributed by atoms with Crippen LogP contribution in [0.5, 0.6) is 0 Å². The molecule has 0 amide bonds. The Labute approximate surface area is 86.7 Å². The number of aromatic nitrogens is 5. The minimum Gasteiger partial charge on any atom is -0.365 e. The molecule has 0 unspecified atom stereocenters. The van der Waals surface area contributed by atoms with Crippen LogP contribution in [0, 0.1) is 0 Å². The fourth-order valence-electron chi connectivity index (χ4n) is 1.53. The van der Waals surface area contributed by atoms with Gasteiger partial charge >= 0.3 is 0 Å². The minimum atomic E-state index is 0.565. The van der Waals surface area contributed by atoms with E-state index in [1.54, 1.807) is 11.0 Å². The van der Waals surface area contributed by atoms with Gasteiger partial charge in [0.15, 0.2) is 17.0 Å². The fraction of sp³-hybridized carbons (Fsp3) is 0.556. The van der Waals surface area contributed by atoms with Gasteiger partial charge in [0.1, 0.15) is 6.33 Å². The zero-order chi connectivity index (χ0) is 10.3. The topological polar surface area (TPSA) is 68.5 Å². The average molecular weight is 204 g/mol. The Morgan fingerprint density at radius 3 is 3.07 bits per heavy atom. The van der Waals surface area contributed by atoms with Crippen LogP contribution in [0.2, 0.25) is 0 Å². The monoisotopic (exact) mass is 204 g/mol. The third kappa shape index (κ3) is 1.42. The van der Waals surface area contributed by atoms with Crippen molar-refractivity contribution < 1.29 is 0 Å². The highest BCUT2D eigenvalue weighted by Crippen LogP contribution is 2.26. The zero-order valence-corrected chi connectivity index (χ0v) is 8.51. The lowest BCUT2D eigenvalue weighted by Crippen LogP contribution is -2.04. The first kappa shape index (κ1) is 8.58. The number of nitrogens with zero attached hydrogens (tertiary/aromatic N) is 5. The fourth-order valence-corrected chi connectivity index (χ4v) is 1.53. The van der Waals surface area contributed by atoms with Gasteiger partial charge in [-0.15, -0.1) is 5.10 Å². The highest BCUT2D eigenvalue weighted by molar-refractivity contribution is 5.82. The van der Waals surface area contributed by atoms with Crippen LogP contribution in [0.3, 0.4) is 0 Å². The molecule has 0 radical (unpaired) electrons. The zero-order valence-electron chi connectivity index (χ0n) is 8.51. The largest absolute Gasteiger partial charge is 0.365 e. The van der Waals surface area contributed by atoms with Crippen LogP contribution in [0.15, 0.2) is 6.33 Å². The molecular weight excluding hydrogens is 192 g/mol. The molecule has 1 aliphatic rings. The molecule has 0 atom stereocenters. The molecule has 1 fully saturated rings. The van der Waals surface area contributed by atoms with Gasteiger partial charge in [-0.1, -0.05) is 5.21 Å². The summed E-state index contributed by atoms with van der Waals surface area (Å²) in [7, 11) is 0. The summed E-state index contributed by atoms with van der Waals surface area (Å²) in [5.74, 6) is 0.808. The number of rotatable bonds is 3. The molecule has 15 heavy (non-hydrogen) atoms. The molecule has 78 valence electrons. The van der Waals surface area contributed by atoms with E-state index < -0.39 is 0 Å². The molecule has 0 aromatic carbocycles. The maximum Gasteiger partial charge on any atom is 0.183 e. The smallest absolute Gasteiger partial charge is 0.183 e. The van der Waals surface area contributed by atoms with E-state index in [4.69, 9.17) is 0 Å². The summed E-state index contributed by atoms with van der Waals surface area (Å²) in [6, 6.07) is 0.565. The number of hydrogen-bond donors (Lipinski definition) is 1. The lowest BCUT2D eigenvalue weighted by Gasteiger charge is -2.02. The van der Waals surface area contributed by atoms with Gasteiger partial charge in [0.2, 0.25) is 0 Å². The summed E-state index contributed by atoms with van der Waals surface area (Å²) >= 11 is 0. The Balaban J connectivity index is 2.08. The minimum absolute atomic E-state index is 0.565. The van der Waals surface area contributed by atoms with Gasteiger partial charge in [0.05, 0.1) is 0 Å². The highest BCUT2D eigenvalue weighted by Gasteiger charge is 2.23. The summed E-state index contributed by atoms with van der Waals surface area (Å²) < 4.78 is 1.77. The molecular formula is C9H12N6. The van der Waals surface area contributed by atoms with Crippen LogP contribution >= 0.6 is 0 Å². The molecule has 0 saturated heterocycles. The molecule has 1 aliphatic carbocycles. The maximum atomic E-state index is 4.20. The summed E-state index contributed by atoms with van der Waals surface area (Å²) in [6.45, 7) is 2.79. The van der Waals surface area contributed by atoms with Crippen molar-refractivity contribution in [2.45, 2.75) is 32.4 Å². The number of anilines is 1. The Kier molecular flexibility index (Phi) is 1.80. The Morgan fingerprint density at radius 2 is 2.33 bits per heavy atom. The van der Waals surface area contributed by atoms with Crippen LogP contribution in [0.25, 0.3) is 11.2 Å². The molecule has 6 nitrogen and oxygen atoms in total. The van der Waals surface area contributed by atoms with E-state index >= 15 is 0 Å². The van der Waals surface area contributed by atoms with Gasteiger partial charge in [0, 0.05) is 12.6 Å². The van der Waals surface area contributed by atoms with Gasteiger partial charge in [0.25, 0.3) is 0 Å². The first-order chi connectivity index (χ1) is 7.38.